The van der Waals surface area contributed by atoms with E-state index in [1.54, 1.807) is 0 Å². The van der Waals surface area contributed by atoms with Gasteiger partial charge in [-0.3, -0.25) is 4.18 Å². The van der Waals surface area contributed by atoms with Gasteiger partial charge in [0.2, 0.25) is 0 Å². The van der Waals surface area contributed by atoms with Crippen molar-refractivity contribution in [3.8, 4) is 0 Å². The van der Waals surface area contributed by atoms with Gasteiger partial charge in [0.15, 0.2) is 11.1 Å². The molecule has 0 amide bonds. The van der Waals surface area contributed by atoms with Gasteiger partial charge in [0, 0.05) is 0 Å². The van der Waals surface area contributed by atoms with Crippen molar-refractivity contribution in [1.82, 2.24) is 0 Å². The van der Waals surface area contributed by atoms with Gasteiger partial charge in [-0.1, -0.05) is 31.9 Å². The molecule has 3 heteroatoms. The van der Waals surface area contributed by atoms with Gasteiger partial charge in [-0.25, -0.2) is 4.21 Å². The van der Waals surface area contributed by atoms with Crippen molar-refractivity contribution in [2.75, 3.05) is 12.9 Å². The molecule has 0 heterocycles. The van der Waals surface area contributed by atoms with Crippen LogP contribution in [-0.2, 0) is 15.3 Å². The number of hydrogen-bond acceptors (Lipinski definition) is 2. The first-order valence-corrected chi connectivity index (χ1v) is 5.63. The fraction of sp³-hybridized carbons (Fsp3) is 0.778. The second-order valence-corrected chi connectivity index (χ2v) is 3.88. The Morgan fingerprint density at radius 3 is 2.67 bits per heavy atom. The molecule has 0 aromatic heterocycles. The zero-order chi connectivity index (χ0) is 9.23. The summed E-state index contributed by atoms with van der Waals surface area (Å²) < 4.78 is 15.3. The van der Waals surface area contributed by atoms with Crippen molar-refractivity contribution in [2.45, 2.75) is 32.6 Å². The van der Waals surface area contributed by atoms with Crippen LogP contribution in [0, 0.1) is 0 Å². The minimum atomic E-state index is -1.12. The molecule has 0 aliphatic carbocycles. The lowest BCUT2D eigenvalue weighted by Crippen LogP contribution is -1.94. The summed E-state index contributed by atoms with van der Waals surface area (Å²) in [6.45, 7) is 2.18. The van der Waals surface area contributed by atoms with Gasteiger partial charge in [0.25, 0.3) is 0 Å². The van der Waals surface area contributed by atoms with Gasteiger partial charge in [-0.15, -0.1) is 0 Å². The van der Waals surface area contributed by atoms with E-state index in [1.807, 2.05) is 6.08 Å². The lowest BCUT2D eigenvalue weighted by molar-refractivity contribution is 0.448. The molecule has 0 bridgehead atoms. The first-order valence-electron chi connectivity index (χ1n) is 4.39. The Hall–Kier alpha value is -0.150. The Labute approximate surface area is 77.7 Å². The average Bonchev–Trinajstić information content (AvgIpc) is 2.10. The second kappa shape index (κ2) is 8.94. The summed E-state index contributed by atoms with van der Waals surface area (Å²) in [7, 11) is 1.46. The summed E-state index contributed by atoms with van der Waals surface area (Å²) in [5, 5.41) is 0. The van der Waals surface area contributed by atoms with E-state index in [4.69, 9.17) is 0 Å². The normalized spacial score (nSPS) is 13.8. The highest BCUT2D eigenvalue weighted by atomic mass is 32.2. The number of unbranched alkanes of at least 4 members (excludes halogenated alkanes) is 3. The molecule has 0 saturated heterocycles. The third kappa shape index (κ3) is 7.95. The molecule has 0 fully saturated rings. The SMILES string of the molecule is CCCCC/C=C/CS(=O)OC. The predicted molar refractivity (Wildman–Crippen MR) is 53.3 cm³/mol. The van der Waals surface area contributed by atoms with E-state index >= 15 is 0 Å². The first kappa shape index (κ1) is 11.8. The molecule has 0 N–H and O–H groups in total. The Balaban J connectivity index is 3.19. The molecule has 1 unspecified atom stereocenters. The topological polar surface area (TPSA) is 26.3 Å². The van der Waals surface area contributed by atoms with Crippen LogP contribution < -0.4 is 0 Å². The van der Waals surface area contributed by atoms with E-state index in [0.717, 1.165) is 6.42 Å². The van der Waals surface area contributed by atoms with Crippen LogP contribution in [0.25, 0.3) is 0 Å². The lowest BCUT2D eigenvalue weighted by Gasteiger charge is -1.92. The molecule has 2 nitrogen and oxygen atoms in total. The largest absolute Gasteiger partial charge is 0.294 e. The molecular formula is C9H18O2S. The molecule has 0 aromatic carbocycles. The van der Waals surface area contributed by atoms with Crippen molar-refractivity contribution >= 4 is 11.1 Å². The van der Waals surface area contributed by atoms with Crippen molar-refractivity contribution in [3.05, 3.63) is 12.2 Å². The van der Waals surface area contributed by atoms with Gasteiger partial charge in [-0.05, 0) is 12.8 Å². The van der Waals surface area contributed by atoms with Crippen LogP contribution in [0.3, 0.4) is 0 Å². The zero-order valence-corrected chi connectivity index (χ0v) is 8.73. The average molecular weight is 190 g/mol. The summed E-state index contributed by atoms with van der Waals surface area (Å²) in [6, 6.07) is 0. The quantitative estimate of drug-likeness (QED) is 0.455. The first-order chi connectivity index (χ1) is 5.81. The molecule has 0 aliphatic rings. The highest BCUT2D eigenvalue weighted by molar-refractivity contribution is 7.80. The maximum atomic E-state index is 10.7. The predicted octanol–water partition coefficient (Wildman–Crippen LogP) is 2.43. The summed E-state index contributed by atoms with van der Waals surface area (Å²) in [4.78, 5) is 0. The van der Waals surface area contributed by atoms with Crippen LogP contribution >= 0.6 is 0 Å². The van der Waals surface area contributed by atoms with Crippen LogP contribution in [0.1, 0.15) is 32.6 Å². The van der Waals surface area contributed by atoms with Crippen LogP contribution in [0.4, 0.5) is 0 Å². The molecule has 72 valence electrons. The Kier molecular flexibility index (Phi) is 8.83. The van der Waals surface area contributed by atoms with Crippen molar-refractivity contribution in [1.29, 1.82) is 0 Å². The minimum absolute atomic E-state index is 0.516. The molecule has 1 atom stereocenters. The Morgan fingerprint density at radius 2 is 2.08 bits per heavy atom. The van der Waals surface area contributed by atoms with Gasteiger partial charge in [0.05, 0.1) is 12.9 Å². The minimum Gasteiger partial charge on any atom is -0.294 e. The zero-order valence-electron chi connectivity index (χ0n) is 7.91. The lowest BCUT2D eigenvalue weighted by atomic mass is 10.2. The van der Waals surface area contributed by atoms with Crippen molar-refractivity contribution in [2.24, 2.45) is 0 Å². The van der Waals surface area contributed by atoms with E-state index in [9.17, 15) is 4.21 Å². The fourth-order valence-corrected chi connectivity index (χ4v) is 1.27. The van der Waals surface area contributed by atoms with Gasteiger partial charge < -0.3 is 0 Å². The number of hydrogen-bond donors (Lipinski definition) is 0. The summed E-state index contributed by atoms with van der Waals surface area (Å²) in [5.41, 5.74) is 0. The molecule has 0 rings (SSSR count). The Morgan fingerprint density at radius 1 is 1.33 bits per heavy atom. The van der Waals surface area contributed by atoms with Gasteiger partial charge >= 0.3 is 0 Å². The molecule has 0 aromatic rings. The standard InChI is InChI=1S/C9H18O2S/c1-3-4-5-6-7-8-9-12(10)11-2/h7-8H,3-6,9H2,1-2H3/b8-7+. The molecule has 0 spiro atoms. The van der Waals surface area contributed by atoms with E-state index in [-0.39, 0.29) is 0 Å². The van der Waals surface area contributed by atoms with Crippen LogP contribution in [0.2, 0.25) is 0 Å². The van der Waals surface area contributed by atoms with Gasteiger partial charge in [-0.2, -0.15) is 0 Å². The maximum absolute atomic E-state index is 10.7. The van der Waals surface area contributed by atoms with Crippen LogP contribution in [0.15, 0.2) is 12.2 Å². The molecular weight excluding hydrogens is 172 g/mol. The summed E-state index contributed by atoms with van der Waals surface area (Å²) in [6.07, 6.45) is 8.85. The van der Waals surface area contributed by atoms with E-state index in [1.165, 1.54) is 26.4 Å². The molecule has 12 heavy (non-hydrogen) atoms. The fourth-order valence-electron chi connectivity index (χ4n) is 0.845. The third-order valence-corrected chi connectivity index (χ3v) is 2.40. The Bertz CT molecular complexity index is 143. The number of allylic oxidation sites excluding steroid dienone is 1. The third-order valence-electron chi connectivity index (χ3n) is 1.56. The highest BCUT2D eigenvalue weighted by Crippen LogP contribution is 1.99. The van der Waals surface area contributed by atoms with Gasteiger partial charge in [0.1, 0.15) is 0 Å². The molecule has 0 radical (unpaired) electrons. The highest BCUT2D eigenvalue weighted by Gasteiger charge is 1.89. The molecule has 0 saturated carbocycles. The van der Waals surface area contributed by atoms with E-state index in [0.29, 0.717) is 5.75 Å². The second-order valence-electron chi connectivity index (χ2n) is 2.60. The van der Waals surface area contributed by atoms with Crippen molar-refractivity contribution in [3.63, 3.8) is 0 Å². The van der Waals surface area contributed by atoms with Crippen LogP contribution in [0.5, 0.6) is 0 Å². The summed E-state index contributed by atoms with van der Waals surface area (Å²) in [5.74, 6) is 0.516. The maximum Gasteiger partial charge on any atom is 0.159 e. The van der Waals surface area contributed by atoms with Crippen molar-refractivity contribution < 1.29 is 8.39 Å². The monoisotopic (exact) mass is 190 g/mol. The van der Waals surface area contributed by atoms with E-state index < -0.39 is 11.1 Å². The number of rotatable bonds is 7. The van der Waals surface area contributed by atoms with Crippen LogP contribution in [-0.4, -0.2) is 17.1 Å². The summed E-state index contributed by atoms with van der Waals surface area (Å²) >= 11 is -1.12. The molecule has 0 aliphatic heterocycles. The smallest absolute Gasteiger partial charge is 0.159 e. The van der Waals surface area contributed by atoms with E-state index in [2.05, 4.69) is 17.2 Å².